The Morgan fingerprint density at radius 3 is 2.71 bits per heavy atom. The van der Waals surface area contributed by atoms with Gasteiger partial charge in [-0.15, -0.1) is 0 Å². The number of nitrogens with zero attached hydrogens (tertiary/aromatic N) is 1. The molecule has 0 spiro atoms. The third kappa shape index (κ3) is 5.74. The SMILES string of the molecule is CCCC(=O)Oc1c(Br)cc(/C=C2\N=C(c3ccc(I)c(C)c3)OC2=O)cc1OCC. The number of esters is 2. The van der Waals surface area contributed by atoms with Crippen LogP contribution in [0.4, 0.5) is 0 Å². The lowest BCUT2D eigenvalue weighted by molar-refractivity contribution is -0.134. The number of aliphatic imine (C=N–C) groups is 1. The second-order valence-electron chi connectivity index (χ2n) is 6.79. The van der Waals surface area contributed by atoms with Gasteiger partial charge in [-0.25, -0.2) is 9.79 Å². The van der Waals surface area contributed by atoms with Gasteiger partial charge in [0.25, 0.3) is 0 Å². The molecule has 1 heterocycles. The molecule has 0 fully saturated rings. The number of carbonyl (C=O) groups is 2. The molecule has 0 radical (unpaired) electrons. The minimum Gasteiger partial charge on any atom is -0.490 e. The Bertz CT molecular complexity index is 1090. The summed E-state index contributed by atoms with van der Waals surface area (Å²) >= 11 is 5.68. The van der Waals surface area contributed by atoms with E-state index in [0.29, 0.717) is 41.0 Å². The molecule has 0 saturated heterocycles. The Kier molecular flexibility index (Phi) is 7.88. The van der Waals surface area contributed by atoms with E-state index >= 15 is 0 Å². The molecule has 0 aromatic heterocycles. The molecular formula is C23H21BrINO5. The van der Waals surface area contributed by atoms with E-state index in [1.165, 1.54) is 0 Å². The van der Waals surface area contributed by atoms with Crippen molar-refractivity contribution in [2.24, 2.45) is 4.99 Å². The highest BCUT2D eigenvalue weighted by molar-refractivity contribution is 14.1. The monoisotopic (exact) mass is 597 g/mol. The zero-order valence-corrected chi connectivity index (χ0v) is 21.1. The molecule has 162 valence electrons. The van der Waals surface area contributed by atoms with Crippen molar-refractivity contribution in [3.05, 3.63) is 60.8 Å². The number of ether oxygens (including phenoxy) is 3. The highest BCUT2D eigenvalue weighted by Crippen LogP contribution is 2.38. The second kappa shape index (κ2) is 10.4. The van der Waals surface area contributed by atoms with Crippen LogP contribution in [-0.4, -0.2) is 24.4 Å². The fourth-order valence-electron chi connectivity index (χ4n) is 2.87. The average Bonchev–Trinajstić information content (AvgIpc) is 3.07. The highest BCUT2D eigenvalue weighted by atomic mass is 127. The van der Waals surface area contributed by atoms with Crippen LogP contribution in [0.3, 0.4) is 0 Å². The third-order valence-electron chi connectivity index (χ3n) is 4.33. The molecule has 0 saturated carbocycles. The van der Waals surface area contributed by atoms with E-state index in [2.05, 4.69) is 43.5 Å². The molecule has 0 unspecified atom stereocenters. The van der Waals surface area contributed by atoms with Gasteiger partial charge in [0.1, 0.15) is 0 Å². The first-order valence-electron chi connectivity index (χ1n) is 9.78. The summed E-state index contributed by atoms with van der Waals surface area (Å²) in [6.07, 6.45) is 2.61. The minimum absolute atomic E-state index is 0.177. The fourth-order valence-corrected chi connectivity index (χ4v) is 3.75. The summed E-state index contributed by atoms with van der Waals surface area (Å²) in [7, 11) is 0. The summed E-state index contributed by atoms with van der Waals surface area (Å²) in [4.78, 5) is 28.7. The Labute approximate surface area is 202 Å². The number of hydrogen-bond acceptors (Lipinski definition) is 6. The fraction of sp³-hybridized carbons (Fsp3) is 0.261. The van der Waals surface area contributed by atoms with E-state index in [0.717, 1.165) is 14.7 Å². The number of carbonyl (C=O) groups excluding carboxylic acids is 2. The molecule has 0 bridgehead atoms. The largest absolute Gasteiger partial charge is 0.490 e. The van der Waals surface area contributed by atoms with Crippen LogP contribution in [0.5, 0.6) is 11.5 Å². The van der Waals surface area contributed by atoms with Gasteiger partial charge >= 0.3 is 11.9 Å². The normalized spacial score (nSPS) is 14.4. The smallest absolute Gasteiger partial charge is 0.363 e. The van der Waals surface area contributed by atoms with Crippen LogP contribution in [0, 0.1) is 10.5 Å². The van der Waals surface area contributed by atoms with Crippen LogP contribution in [0.2, 0.25) is 0 Å². The molecule has 2 aromatic rings. The number of halogens is 2. The third-order valence-corrected chi connectivity index (χ3v) is 6.13. The van der Waals surface area contributed by atoms with Gasteiger partial charge in [-0.05, 0) is 106 Å². The van der Waals surface area contributed by atoms with Gasteiger partial charge in [-0.3, -0.25) is 4.79 Å². The Hall–Kier alpha value is -2.20. The number of rotatable bonds is 7. The summed E-state index contributed by atoms with van der Waals surface area (Å²) in [5.74, 6) is 0.118. The lowest BCUT2D eigenvalue weighted by Gasteiger charge is -2.13. The van der Waals surface area contributed by atoms with Gasteiger partial charge in [0.15, 0.2) is 17.2 Å². The van der Waals surface area contributed by atoms with Crippen LogP contribution in [0.15, 0.2) is 45.5 Å². The molecule has 31 heavy (non-hydrogen) atoms. The molecule has 3 rings (SSSR count). The van der Waals surface area contributed by atoms with Crippen LogP contribution in [0.25, 0.3) is 6.08 Å². The molecule has 1 aliphatic heterocycles. The van der Waals surface area contributed by atoms with Crippen molar-refractivity contribution in [1.82, 2.24) is 0 Å². The van der Waals surface area contributed by atoms with Crippen molar-refractivity contribution >= 4 is 62.4 Å². The molecule has 0 N–H and O–H groups in total. The van der Waals surface area contributed by atoms with E-state index in [-0.39, 0.29) is 17.6 Å². The van der Waals surface area contributed by atoms with E-state index in [1.807, 2.05) is 39.0 Å². The van der Waals surface area contributed by atoms with Gasteiger partial charge in [-0.2, -0.15) is 0 Å². The zero-order chi connectivity index (χ0) is 22.5. The van der Waals surface area contributed by atoms with Crippen molar-refractivity contribution in [2.45, 2.75) is 33.6 Å². The lowest BCUT2D eigenvalue weighted by atomic mass is 10.1. The number of aryl methyl sites for hydroxylation is 1. The average molecular weight is 598 g/mol. The summed E-state index contributed by atoms with van der Waals surface area (Å²) in [6, 6.07) is 9.19. The molecule has 8 heteroatoms. The molecule has 0 atom stereocenters. The minimum atomic E-state index is -0.529. The first kappa shape index (κ1) is 23.5. The standard InChI is InChI=1S/C23H21BrINO5/c1-4-6-20(27)30-21-16(24)10-14(12-19(21)29-5-2)11-18-23(28)31-22(26-18)15-7-8-17(25)13(3)9-15/h7-12H,4-6H2,1-3H3/b18-11-. The molecule has 0 amide bonds. The zero-order valence-electron chi connectivity index (χ0n) is 17.3. The van der Waals surface area contributed by atoms with Crippen LogP contribution >= 0.6 is 38.5 Å². The van der Waals surface area contributed by atoms with Crippen molar-refractivity contribution in [3.63, 3.8) is 0 Å². The van der Waals surface area contributed by atoms with Gasteiger partial charge in [-0.1, -0.05) is 6.92 Å². The van der Waals surface area contributed by atoms with Crippen molar-refractivity contribution in [1.29, 1.82) is 0 Å². The quantitative estimate of drug-likeness (QED) is 0.174. The van der Waals surface area contributed by atoms with Crippen LogP contribution < -0.4 is 9.47 Å². The van der Waals surface area contributed by atoms with E-state index in [4.69, 9.17) is 14.2 Å². The summed E-state index contributed by atoms with van der Waals surface area (Å²) in [5, 5.41) is 0. The molecule has 2 aromatic carbocycles. The molecule has 0 aliphatic carbocycles. The predicted octanol–water partition coefficient (Wildman–Crippen LogP) is 5.81. The van der Waals surface area contributed by atoms with Gasteiger partial charge < -0.3 is 14.2 Å². The summed E-state index contributed by atoms with van der Waals surface area (Å²) in [5.41, 5.74) is 2.65. The Morgan fingerprint density at radius 1 is 1.26 bits per heavy atom. The van der Waals surface area contributed by atoms with Crippen LogP contribution in [0.1, 0.15) is 43.4 Å². The first-order valence-corrected chi connectivity index (χ1v) is 11.7. The van der Waals surface area contributed by atoms with Gasteiger partial charge in [0.05, 0.1) is 11.1 Å². The maximum Gasteiger partial charge on any atom is 0.363 e. The number of benzene rings is 2. The second-order valence-corrected chi connectivity index (χ2v) is 8.80. The maximum absolute atomic E-state index is 12.4. The van der Waals surface area contributed by atoms with Gasteiger partial charge in [0.2, 0.25) is 5.90 Å². The Morgan fingerprint density at radius 2 is 2.03 bits per heavy atom. The van der Waals surface area contributed by atoms with Crippen LogP contribution in [-0.2, 0) is 14.3 Å². The van der Waals surface area contributed by atoms with Crippen molar-refractivity contribution < 1.29 is 23.8 Å². The summed E-state index contributed by atoms with van der Waals surface area (Å²) < 4.78 is 18.1. The maximum atomic E-state index is 12.4. The molecule has 1 aliphatic rings. The van der Waals surface area contributed by atoms with E-state index < -0.39 is 5.97 Å². The molecular weight excluding hydrogens is 577 g/mol. The number of cyclic esters (lactones) is 1. The van der Waals surface area contributed by atoms with E-state index in [9.17, 15) is 9.59 Å². The van der Waals surface area contributed by atoms with Crippen molar-refractivity contribution in [2.75, 3.05) is 6.61 Å². The van der Waals surface area contributed by atoms with E-state index in [1.54, 1.807) is 18.2 Å². The van der Waals surface area contributed by atoms with Gasteiger partial charge in [0, 0.05) is 15.6 Å². The lowest BCUT2D eigenvalue weighted by Crippen LogP contribution is -2.09. The Balaban J connectivity index is 1.94. The predicted molar refractivity (Wildman–Crippen MR) is 130 cm³/mol. The first-order chi connectivity index (χ1) is 14.8. The number of hydrogen-bond donors (Lipinski definition) is 0. The highest BCUT2D eigenvalue weighted by Gasteiger charge is 2.25. The summed E-state index contributed by atoms with van der Waals surface area (Å²) in [6.45, 7) is 6.12. The topological polar surface area (TPSA) is 74.2 Å². The molecule has 6 nitrogen and oxygen atoms in total. The van der Waals surface area contributed by atoms with Crippen molar-refractivity contribution in [3.8, 4) is 11.5 Å².